The first-order valence-corrected chi connectivity index (χ1v) is 10.2. The summed E-state index contributed by atoms with van der Waals surface area (Å²) in [6, 6.07) is 5.74. The Morgan fingerprint density at radius 3 is 2.50 bits per heavy atom. The van der Waals surface area contributed by atoms with Crippen LogP contribution in [0.1, 0.15) is 54.8 Å². The summed E-state index contributed by atoms with van der Waals surface area (Å²) < 4.78 is 0.934. The van der Waals surface area contributed by atoms with Crippen LogP contribution in [0.4, 0.5) is 0 Å². The first-order valence-electron chi connectivity index (χ1n) is 9.03. The van der Waals surface area contributed by atoms with Crippen LogP contribution in [0.5, 0.6) is 0 Å². The number of hydrogen-bond donors (Lipinski definition) is 2. The number of carbonyl (C=O) groups is 2. The van der Waals surface area contributed by atoms with Crippen molar-refractivity contribution in [3.63, 3.8) is 0 Å². The van der Waals surface area contributed by atoms with Crippen LogP contribution in [0.2, 0.25) is 5.02 Å². The Hall–Kier alpha value is -1.85. The van der Waals surface area contributed by atoms with Gasteiger partial charge in [0.1, 0.15) is 4.88 Å². The van der Waals surface area contributed by atoms with Gasteiger partial charge < -0.3 is 10.6 Å². The Morgan fingerprint density at radius 2 is 1.81 bits per heavy atom. The maximum Gasteiger partial charge on any atom is 0.262 e. The molecule has 2 amide bonds. The van der Waals surface area contributed by atoms with Gasteiger partial charge in [-0.3, -0.25) is 9.59 Å². The molecular weight excluding hydrogens is 368 g/mol. The third-order valence-electron chi connectivity index (χ3n) is 3.93. The standard InChI is InChI=1S/C20H25ClN2O2S/c1-3-5-11-22-17(24)10-8-14-7-9-15-16(13-14)26-19(18(15)21)20(25)23-12-6-4-2/h7-10,13H,3-6,11-12H2,1-2H3,(H,22,24)(H,23,25)/b10-8+. The van der Waals surface area contributed by atoms with Crippen LogP contribution in [-0.2, 0) is 4.79 Å². The van der Waals surface area contributed by atoms with Crippen LogP contribution in [0, 0.1) is 0 Å². The first kappa shape index (κ1) is 20.5. The second-order valence-electron chi connectivity index (χ2n) is 6.09. The number of fused-ring (bicyclic) bond motifs is 1. The molecule has 0 spiro atoms. The molecule has 0 saturated heterocycles. The fourth-order valence-corrected chi connectivity index (χ4v) is 3.89. The van der Waals surface area contributed by atoms with Crippen molar-refractivity contribution >= 4 is 50.9 Å². The molecule has 1 heterocycles. The molecule has 0 fully saturated rings. The summed E-state index contributed by atoms with van der Waals surface area (Å²) in [5.41, 5.74) is 0.902. The smallest absolute Gasteiger partial charge is 0.262 e. The second kappa shape index (κ2) is 10.3. The van der Waals surface area contributed by atoms with Gasteiger partial charge >= 0.3 is 0 Å². The Labute approximate surface area is 163 Å². The number of amides is 2. The van der Waals surface area contributed by atoms with Crippen LogP contribution in [-0.4, -0.2) is 24.9 Å². The van der Waals surface area contributed by atoms with E-state index in [1.807, 2.05) is 18.2 Å². The zero-order valence-electron chi connectivity index (χ0n) is 15.2. The van der Waals surface area contributed by atoms with Crippen LogP contribution >= 0.6 is 22.9 Å². The Balaban J connectivity index is 2.10. The predicted molar refractivity (Wildman–Crippen MR) is 111 cm³/mol. The first-order chi connectivity index (χ1) is 12.6. The van der Waals surface area contributed by atoms with E-state index in [9.17, 15) is 9.59 Å². The van der Waals surface area contributed by atoms with Crippen molar-refractivity contribution in [2.75, 3.05) is 13.1 Å². The predicted octanol–water partition coefficient (Wildman–Crippen LogP) is 5.01. The normalized spacial score (nSPS) is 11.2. The second-order valence-corrected chi connectivity index (χ2v) is 7.52. The number of nitrogens with one attached hydrogen (secondary N) is 2. The van der Waals surface area contributed by atoms with Crippen molar-refractivity contribution in [2.45, 2.75) is 39.5 Å². The molecule has 1 aromatic heterocycles. The quantitative estimate of drug-likeness (QED) is 0.465. The fraction of sp³-hybridized carbons (Fsp3) is 0.400. The summed E-state index contributed by atoms with van der Waals surface area (Å²) >= 11 is 7.76. The molecule has 0 saturated carbocycles. The van der Waals surface area contributed by atoms with Gasteiger partial charge in [0, 0.05) is 29.3 Å². The molecule has 4 nitrogen and oxygen atoms in total. The van der Waals surface area contributed by atoms with Crippen LogP contribution < -0.4 is 10.6 Å². The summed E-state index contributed by atoms with van der Waals surface area (Å²) in [7, 11) is 0. The van der Waals surface area contributed by atoms with E-state index in [1.54, 1.807) is 6.08 Å². The van der Waals surface area contributed by atoms with Crippen LogP contribution in [0.25, 0.3) is 16.2 Å². The third-order valence-corrected chi connectivity index (χ3v) is 5.59. The Morgan fingerprint density at radius 1 is 1.12 bits per heavy atom. The average molecular weight is 393 g/mol. The molecule has 0 aliphatic carbocycles. The van der Waals surface area contributed by atoms with Crippen molar-refractivity contribution in [1.29, 1.82) is 0 Å². The maximum atomic E-state index is 12.3. The van der Waals surface area contributed by atoms with E-state index in [1.165, 1.54) is 17.4 Å². The molecule has 0 aliphatic heterocycles. The van der Waals surface area contributed by atoms with Crippen molar-refractivity contribution < 1.29 is 9.59 Å². The van der Waals surface area contributed by atoms with E-state index in [2.05, 4.69) is 24.5 Å². The Kier molecular flexibility index (Phi) is 8.13. The van der Waals surface area contributed by atoms with Gasteiger partial charge in [-0.1, -0.05) is 50.4 Å². The highest BCUT2D eigenvalue weighted by molar-refractivity contribution is 7.21. The maximum absolute atomic E-state index is 12.3. The minimum atomic E-state index is -0.128. The number of carbonyl (C=O) groups excluding carboxylic acids is 2. The summed E-state index contributed by atoms with van der Waals surface area (Å²) in [6.45, 7) is 5.51. The zero-order chi connectivity index (χ0) is 18.9. The van der Waals surface area contributed by atoms with Crippen LogP contribution in [0.15, 0.2) is 24.3 Å². The van der Waals surface area contributed by atoms with Crippen molar-refractivity contribution in [3.8, 4) is 0 Å². The summed E-state index contributed by atoms with van der Waals surface area (Å²) in [4.78, 5) is 24.6. The number of unbranched alkanes of at least 4 members (excludes halogenated alkanes) is 2. The highest BCUT2D eigenvalue weighted by Gasteiger charge is 2.16. The molecule has 1 aromatic carbocycles. The average Bonchev–Trinajstić information content (AvgIpc) is 2.96. The van der Waals surface area contributed by atoms with Crippen molar-refractivity contribution in [3.05, 3.63) is 39.7 Å². The van der Waals surface area contributed by atoms with Gasteiger partial charge in [0.25, 0.3) is 5.91 Å². The molecule has 0 unspecified atom stereocenters. The van der Waals surface area contributed by atoms with E-state index in [0.717, 1.165) is 41.3 Å². The monoisotopic (exact) mass is 392 g/mol. The van der Waals surface area contributed by atoms with Gasteiger partial charge in [0.15, 0.2) is 0 Å². The summed E-state index contributed by atoms with van der Waals surface area (Å²) in [6.07, 6.45) is 7.31. The molecule has 26 heavy (non-hydrogen) atoms. The van der Waals surface area contributed by atoms with Crippen molar-refractivity contribution in [2.24, 2.45) is 0 Å². The highest BCUT2D eigenvalue weighted by Crippen LogP contribution is 2.36. The summed E-state index contributed by atoms with van der Waals surface area (Å²) in [5, 5.41) is 7.10. The SMILES string of the molecule is CCCCNC(=O)/C=C/c1ccc2c(Cl)c(C(=O)NCCCC)sc2c1. The van der Waals surface area contributed by atoms with Gasteiger partial charge in [0.05, 0.1) is 5.02 Å². The molecule has 2 N–H and O–H groups in total. The Bertz CT molecular complexity index is 798. The largest absolute Gasteiger partial charge is 0.353 e. The number of thiophene rings is 1. The van der Waals surface area contributed by atoms with E-state index < -0.39 is 0 Å². The van der Waals surface area contributed by atoms with E-state index >= 15 is 0 Å². The van der Waals surface area contributed by atoms with Crippen molar-refractivity contribution in [1.82, 2.24) is 10.6 Å². The molecule has 0 bridgehead atoms. The number of benzene rings is 1. The van der Waals surface area contributed by atoms with Gasteiger partial charge in [-0.2, -0.15) is 0 Å². The lowest BCUT2D eigenvalue weighted by molar-refractivity contribution is -0.116. The van der Waals surface area contributed by atoms with Gasteiger partial charge in [-0.15, -0.1) is 11.3 Å². The lowest BCUT2D eigenvalue weighted by Crippen LogP contribution is -2.23. The lowest BCUT2D eigenvalue weighted by Gasteiger charge is -2.01. The molecule has 0 radical (unpaired) electrons. The highest BCUT2D eigenvalue weighted by atomic mass is 35.5. The molecule has 6 heteroatoms. The zero-order valence-corrected chi connectivity index (χ0v) is 16.8. The topological polar surface area (TPSA) is 58.2 Å². The van der Waals surface area contributed by atoms with Gasteiger partial charge in [-0.25, -0.2) is 0 Å². The van der Waals surface area contributed by atoms with E-state index in [0.29, 0.717) is 23.0 Å². The number of halogens is 1. The number of rotatable bonds is 9. The molecular formula is C20H25ClN2O2S. The van der Waals surface area contributed by atoms with E-state index in [4.69, 9.17) is 11.6 Å². The fourth-order valence-electron chi connectivity index (χ4n) is 2.41. The van der Waals surface area contributed by atoms with Gasteiger partial charge in [-0.05, 0) is 30.5 Å². The third kappa shape index (κ3) is 5.58. The summed E-state index contributed by atoms with van der Waals surface area (Å²) in [5.74, 6) is -0.226. The lowest BCUT2D eigenvalue weighted by atomic mass is 10.1. The molecule has 0 aliphatic rings. The molecule has 140 valence electrons. The van der Waals surface area contributed by atoms with Gasteiger partial charge in [0.2, 0.25) is 5.91 Å². The minimum Gasteiger partial charge on any atom is -0.353 e. The number of hydrogen-bond acceptors (Lipinski definition) is 3. The molecule has 2 aromatic rings. The minimum absolute atomic E-state index is 0.0984. The van der Waals surface area contributed by atoms with E-state index in [-0.39, 0.29) is 11.8 Å². The molecule has 2 rings (SSSR count). The molecule has 0 atom stereocenters. The van der Waals surface area contributed by atoms with Crippen LogP contribution in [0.3, 0.4) is 0 Å².